The Balaban J connectivity index is 3.04. The zero-order valence-electron chi connectivity index (χ0n) is 10.3. The fraction of sp³-hybridized carbons (Fsp3) is 0.308. The quantitative estimate of drug-likeness (QED) is 0.581. The Hall–Kier alpha value is -2.21. The van der Waals surface area contributed by atoms with E-state index in [1.807, 2.05) is 0 Å². The minimum Gasteiger partial charge on any atom is -0.479 e. The maximum atomic E-state index is 11.1. The van der Waals surface area contributed by atoms with Gasteiger partial charge in [-0.05, 0) is 23.6 Å². The molecule has 0 fully saturated rings. The summed E-state index contributed by atoms with van der Waals surface area (Å²) in [6.07, 6.45) is -0.878. The number of aliphatic hydroxyl groups excluding tert-OH is 1. The molecular weight excluding hydrogens is 252 g/mol. The number of benzene rings is 1. The van der Waals surface area contributed by atoms with E-state index in [9.17, 15) is 19.5 Å². The van der Waals surface area contributed by atoms with Crippen LogP contribution in [0.3, 0.4) is 0 Å². The van der Waals surface area contributed by atoms with Gasteiger partial charge in [-0.2, -0.15) is 0 Å². The SMILES string of the molecule is COC(=O)CCc1ccc(C=O)cc1C(O)C(=O)O. The van der Waals surface area contributed by atoms with Crippen molar-refractivity contribution in [2.24, 2.45) is 0 Å². The molecule has 1 rings (SSSR count). The second kappa shape index (κ2) is 6.65. The molecule has 0 bridgehead atoms. The molecule has 0 aliphatic rings. The number of carboxylic acids is 1. The van der Waals surface area contributed by atoms with E-state index < -0.39 is 18.0 Å². The predicted octanol–water partition coefficient (Wildman–Crippen LogP) is 0.723. The van der Waals surface area contributed by atoms with Crippen molar-refractivity contribution in [2.75, 3.05) is 7.11 Å². The van der Waals surface area contributed by atoms with E-state index in [2.05, 4.69) is 4.74 Å². The summed E-state index contributed by atoms with van der Waals surface area (Å²) in [5.74, 6) is -1.85. The largest absolute Gasteiger partial charge is 0.479 e. The van der Waals surface area contributed by atoms with E-state index >= 15 is 0 Å². The van der Waals surface area contributed by atoms with Crippen LogP contribution in [0.2, 0.25) is 0 Å². The second-order valence-corrected chi connectivity index (χ2v) is 3.89. The Kier molecular flexibility index (Phi) is 5.20. The summed E-state index contributed by atoms with van der Waals surface area (Å²) in [7, 11) is 1.25. The highest BCUT2D eigenvalue weighted by Crippen LogP contribution is 2.21. The molecule has 0 heterocycles. The first-order valence-corrected chi connectivity index (χ1v) is 5.55. The van der Waals surface area contributed by atoms with E-state index in [-0.39, 0.29) is 24.0 Å². The molecule has 1 atom stereocenters. The molecule has 1 aromatic carbocycles. The van der Waals surface area contributed by atoms with E-state index in [1.165, 1.54) is 25.3 Å². The Labute approximate surface area is 109 Å². The number of carbonyl (C=O) groups excluding carboxylic acids is 2. The number of ether oxygens (including phenoxy) is 1. The smallest absolute Gasteiger partial charge is 0.337 e. The standard InChI is InChI=1S/C13H14O6/c1-19-11(15)5-4-9-3-2-8(7-14)6-10(9)12(16)13(17)18/h2-3,6-7,12,16H,4-5H2,1H3,(H,17,18). The van der Waals surface area contributed by atoms with E-state index in [1.54, 1.807) is 0 Å². The highest BCUT2D eigenvalue weighted by atomic mass is 16.5. The van der Waals surface area contributed by atoms with Crippen molar-refractivity contribution in [2.45, 2.75) is 18.9 Å². The summed E-state index contributed by atoms with van der Waals surface area (Å²) >= 11 is 0. The Bertz CT molecular complexity index is 494. The zero-order chi connectivity index (χ0) is 14.4. The van der Waals surface area contributed by atoms with Crippen LogP contribution in [0.15, 0.2) is 18.2 Å². The number of carboxylic acid groups (broad SMARTS) is 1. The second-order valence-electron chi connectivity index (χ2n) is 3.89. The lowest BCUT2D eigenvalue weighted by molar-refractivity contribution is -0.147. The number of aldehydes is 1. The predicted molar refractivity (Wildman–Crippen MR) is 64.8 cm³/mol. The molecule has 0 saturated carbocycles. The van der Waals surface area contributed by atoms with Crippen molar-refractivity contribution >= 4 is 18.2 Å². The first kappa shape index (κ1) is 14.8. The van der Waals surface area contributed by atoms with Gasteiger partial charge in [-0.1, -0.05) is 12.1 Å². The average molecular weight is 266 g/mol. The van der Waals surface area contributed by atoms with Crippen molar-refractivity contribution in [3.05, 3.63) is 34.9 Å². The third kappa shape index (κ3) is 3.89. The van der Waals surface area contributed by atoms with Crippen molar-refractivity contribution in [1.29, 1.82) is 0 Å². The topological polar surface area (TPSA) is 101 Å². The van der Waals surface area contributed by atoms with E-state index in [4.69, 9.17) is 5.11 Å². The molecular formula is C13H14O6. The third-order valence-electron chi connectivity index (χ3n) is 2.66. The van der Waals surface area contributed by atoms with Gasteiger partial charge in [-0.25, -0.2) is 4.79 Å². The van der Waals surface area contributed by atoms with Crippen LogP contribution in [0.5, 0.6) is 0 Å². The van der Waals surface area contributed by atoms with Gasteiger partial charge in [0.25, 0.3) is 0 Å². The van der Waals surface area contributed by atoms with Gasteiger partial charge in [0.2, 0.25) is 0 Å². The number of methoxy groups -OCH3 is 1. The number of hydrogen-bond donors (Lipinski definition) is 2. The molecule has 0 radical (unpaired) electrons. The number of esters is 1. The normalized spacial score (nSPS) is 11.7. The van der Waals surface area contributed by atoms with Crippen LogP contribution in [-0.4, -0.2) is 35.5 Å². The van der Waals surface area contributed by atoms with Gasteiger partial charge >= 0.3 is 11.9 Å². The van der Waals surface area contributed by atoms with Crippen molar-refractivity contribution in [1.82, 2.24) is 0 Å². The van der Waals surface area contributed by atoms with Gasteiger partial charge in [0, 0.05) is 12.0 Å². The third-order valence-corrected chi connectivity index (χ3v) is 2.66. The average Bonchev–Trinajstić information content (AvgIpc) is 2.43. The Morgan fingerprint density at radius 3 is 2.63 bits per heavy atom. The van der Waals surface area contributed by atoms with Crippen LogP contribution in [0.1, 0.15) is 34.0 Å². The lowest BCUT2D eigenvalue weighted by Gasteiger charge is -2.12. The minimum atomic E-state index is -1.73. The van der Waals surface area contributed by atoms with E-state index in [0.29, 0.717) is 11.8 Å². The molecule has 0 aromatic heterocycles. The fourth-order valence-electron chi connectivity index (χ4n) is 1.64. The van der Waals surface area contributed by atoms with Gasteiger partial charge in [-0.3, -0.25) is 9.59 Å². The first-order valence-electron chi connectivity index (χ1n) is 5.55. The van der Waals surface area contributed by atoms with Crippen LogP contribution < -0.4 is 0 Å². The maximum Gasteiger partial charge on any atom is 0.337 e. The lowest BCUT2D eigenvalue weighted by atomic mass is 9.96. The Morgan fingerprint density at radius 1 is 1.42 bits per heavy atom. The van der Waals surface area contributed by atoms with Crippen molar-refractivity contribution in [3.8, 4) is 0 Å². The van der Waals surface area contributed by atoms with E-state index in [0.717, 1.165) is 0 Å². The summed E-state index contributed by atoms with van der Waals surface area (Å²) < 4.78 is 4.49. The molecule has 0 saturated heterocycles. The molecule has 6 nitrogen and oxygen atoms in total. The number of rotatable bonds is 6. The molecule has 2 N–H and O–H groups in total. The van der Waals surface area contributed by atoms with Crippen molar-refractivity contribution in [3.63, 3.8) is 0 Å². The van der Waals surface area contributed by atoms with Crippen LogP contribution in [0, 0.1) is 0 Å². The molecule has 1 aromatic rings. The van der Waals surface area contributed by atoms with Gasteiger partial charge in [-0.15, -0.1) is 0 Å². The van der Waals surface area contributed by atoms with Crippen molar-refractivity contribution < 1.29 is 29.3 Å². The maximum absolute atomic E-state index is 11.1. The number of aliphatic hydroxyl groups is 1. The highest BCUT2D eigenvalue weighted by molar-refractivity contribution is 5.79. The number of hydrogen-bond acceptors (Lipinski definition) is 5. The van der Waals surface area contributed by atoms with Gasteiger partial charge in [0.1, 0.15) is 6.29 Å². The molecule has 1 unspecified atom stereocenters. The zero-order valence-corrected chi connectivity index (χ0v) is 10.3. The molecule has 102 valence electrons. The summed E-state index contributed by atoms with van der Waals surface area (Å²) in [6.45, 7) is 0. The fourth-order valence-corrected chi connectivity index (χ4v) is 1.64. The van der Waals surface area contributed by atoms with Crippen LogP contribution in [-0.2, 0) is 20.7 Å². The summed E-state index contributed by atoms with van der Waals surface area (Å²) in [5, 5.41) is 18.4. The molecule has 19 heavy (non-hydrogen) atoms. The molecule has 0 aliphatic heterocycles. The van der Waals surface area contributed by atoms with Crippen LogP contribution in [0.4, 0.5) is 0 Å². The summed E-state index contributed by atoms with van der Waals surface area (Å²) in [4.78, 5) is 32.6. The summed E-state index contributed by atoms with van der Waals surface area (Å²) in [6, 6.07) is 4.32. The van der Waals surface area contributed by atoms with Gasteiger partial charge < -0.3 is 14.9 Å². The Morgan fingerprint density at radius 2 is 2.11 bits per heavy atom. The lowest BCUT2D eigenvalue weighted by Crippen LogP contribution is -2.14. The molecule has 0 amide bonds. The molecule has 0 aliphatic carbocycles. The highest BCUT2D eigenvalue weighted by Gasteiger charge is 2.20. The molecule has 6 heteroatoms. The number of aryl methyl sites for hydroxylation is 1. The molecule has 0 spiro atoms. The van der Waals surface area contributed by atoms with Crippen LogP contribution >= 0.6 is 0 Å². The number of aliphatic carboxylic acids is 1. The van der Waals surface area contributed by atoms with Gasteiger partial charge in [0.15, 0.2) is 6.10 Å². The first-order chi connectivity index (χ1) is 8.99. The summed E-state index contributed by atoms with van der Waals surface area (Å²) in [5.41, 5.74) is 0.865. The van der Waals surface area contributed by atoms with Gasteiger partial charge in [0.05, 0.1) is 7.11 Å². The number of carbonyl (C=O) groups is 3. The van der Waals surface area contributed by atoms with Crippen LogP contribution in [0.25, 0.3) is 0 Å². The minimum absolute atomic E-state index is 0.0657. The monoisotopic (exact) mass is 266 g/mol.